The maximum absolute atomic E-state index is 4.20. The van der Waals surface area contributed by atoms with Crippen molar-refractivity contribution in [2.24, 2.45) is 0 Å². The maximum Gasteiger partial charge on any atom is 0.0798 e. The predicted molar refractivity (Wildman–Crippen MR) is 57.1 cm³/mol. The van der Waals surface area contributed by atoms with Crippen molar-refractivity contribution in [3.05, 3.63) is 16.1 Å². The van der Waals surface area contributed by atoms with Crippen molar-refractivity contribution in [3.63, 3.8) is 0 Å². The van der Waals surface area contributed by atoms with E-state index in [-0.39, 0.29) is 0 Å². The van der Waals surface area contributed by atoms with E-state index in [1.165, 1.54) is 4.88 Å². The monoisotopic (exact) mass is 199 g/mol. The summed E-state index contributed by atoms with van der Waals surface area (Å²) in [5.74, 6) is 0. The molecule has 74 valence electrons. The van der Waals surface area contributed by atoms with E-state index in [0.29, 0.717) is 0 Å². The second-order valence-electron chi connectivity index (χ2n) is 3.34. The van der Waals surface area contributed by atoms with E-state index in [4.69, 9.17) is 0 Å². The number of nitrogens with zero attached hydrogens (tertiary/aromatic N) is 2. The van der Waals surface area contributed by atoms with E-state index in [9.17, 15) is 0 Å². The molecule has 0 aliphatic heterocycles. The van der Waals surface area contributed by atoms with Crippen molar-refractivity contribution in [1.82, 2.24) is 15.2 Å². The second-order valence-corrected chi connectivity index (χ2v) is 4.28. The van der Waals surface area contributed by atoms with Crippen LogP contribution in [-0.2, 0) is 6.54 Å². The van der Waals surface area contributed by atoms with Crippen LogP contribution < -0.4 is 5.32 Å². The van der Waals surface area contributed by atoms with Gasteiger partial charge in [-0.15, -0.1) is 11.3 Å². The van der Waals surface area contributed by atoms with Crippen molar-refractivity contribution in [2.45, 2.75) is 13.5 Å². The van der Waals surface area contributed by atoms with Crippen molar-refractivity contribution >= 4 is 11.3 Å². The highest BCUT2D eigenvalue weighted by atomic mass is 32.1. The lowest BCUT2D eigenvalue weighted by atomic mass is 10.4. The third kappa shape index (κ3) is 3.85. The van der Waals surface area contributed by atoms with Gasteiger partial charge in [-0.05, 0) is 21.0 Å². The fourth-order valence-electron chi connectivity index (χ4n) is 1.00. The van der Waals surface area contributed by atoms with E-state index in [2.05, 4.69) is 36.2 Å². The molecule has 0 amide bonds. The summed E-state index contributed by atoms with van der Waals surface area (Å²) in [5.41, 5.74) is 3.06. The van der Waals surface area contributed by atoms with Crippen molar-refractivity contribution in [2.75, 3.05) is 27.2 Å². The van der Waals surface area contributed by atoms with Gasteiger partial charge >= 0.3 is 0 Å². The molecule has 13 heavy (non-hydrogen) atoms. The van der Waals surface area contributed by atoms with Crippen LogP contribution in [0.25, 0.3) is 0 Å². The molecule has 0 radical (unpaired) electrons. The number of aromatic nitrogens is 1. The molecule has 3 nitrogen and oxygen atoms in total. The predicted octanol–water partition coefficient (Wildman–Crippen LogP) is 1.10. The summed E-state index contributed by atoms with van der Waals surface area (Å²) in [6.45, 7) is 5.12. The number of rotatable bonds is 5. The Kier molecular flexibility index (Phi) is 4.35. The molecule has 0 aliphatic carbocycles. The minimum Gasteiger partial charge on any atom is -0.311 e. The maximum atomic E-state index is 4.20. The third-order valence-corrected chi connectivity index (χ3v) is 2.80. The van der Waals surface area contributed by atoms with Crippen LogP contribution in [-0.4, -0.2) is 37.1 Å². The van der Waals surface area contributed by atoms with Gasteiger partial charge in [0.25, 0.3) is 0 Å². The molecule has 4 heteroatoms. The zero-order valence-electron chi connectivity index (χ0n) is 8.50. The van der Waals surface area contributed by atoms with Gasteiger partial charge in [0.05, 0.1) is 11.2 Å². The summed E-state index contributed by atoms with van der Waals surface area (Å²) in [4.78, 5) is 7.72. The molecule has 0 atom stereocenters. The molecule has 0 aliphatic rings. The normalized spacial score (nSPS) is 11.1. The van der Waals surface area contributed by atoms with E-state index in [1.54, 1.807) is 11.3 Å². The summed E-state index contributed by atoms with van der Waals surface area (Å²) in [6, 6.07) is 0. The average Bonchev–Trinajstić information content (AvgIpc) is 2.45. The Hall–Kier alpha value is -0.450. The van der Waals surface area contributed by atoms with E-state index >= 15 is 0 Å². The van der Waals surface area contributed by atoms with Gasteiger partial charge in [0.15, 0.2) is 0 Å². The van der Waals surface area contributed by atoms with Crippen molar-refractivity contribution in [3.8, 4) is 0 Å². The number of thiazole rings is 1. The van der Waals surface area contributed by atoms with E-state index in [1.807, 2.05) is 5.51 Å². The van der Waals surface area contributed by atoms with Crippen LogP contribution in [0, 0.1) is 6.92 Å². The first-order chi connectivity index (χ1) is 6.20. The topological polar surface area (TPSA) is 28.2 Å². The molecule has 1 N–H and O–H groups in total. The SMILES string of the molecule is Cc1ncsc1CNCCN(C)C. The Bertz CT molecular complexity index is 245. The Balaban J connectivity index is 2.17. The van der Waals surface area contributed by atoms with Crippen LogP contribution in [0.15, 0.2) is 5.51 Å². The summed E-state index contributed by atoms with van der Waals surface area (Å²) in [7, 11) is 4.17. The van der Waals surface area contributed by atoms with Crippen LogP contribution in [0.1, 0.15) is 10.6 Å². The molecule has 0 aromatic carbocycles. The smallest absolute Gasteiger partial charge is 0.0798 e. The highest BCUT2D eigenvalue weighted by Gasteiger charge is 1.99. The minimum absolute atomic E-state index is 0.949. The lowest BCUT2D eigenvalue weighted by Gasteiger charge is -2.09. The van der Waals surface area contributed by atoms with Crippen LogP contribution >= 0.6 is 11.3 Å². The third-order valence-electron chi connectivity index (χ3n) is 1.87. The quantitative estimate of drug-likeness (QED) is 0.720. The summed E-state index contributed by atoms with van der Waals surface area (Å²) >= 11 is 1.72. The molecular formula is C9H17N3S. The fraction of sp³-hybridized carbons (Fsp3) is 0.667. The zero-order valence-corrected chi connectivity index (χ0v) is 9.32. The summed E-state index contributed by atoms with van der Waals surface area (Å²) in [6.07, 6.45) is 0. The van der Waals surface area contributed by atoms with Crippen LogP contribution in [0.3, 0.4) is 0 Å². The van der Waals surface area contributed by atoms with Gasteiger partial charge in [-0.25, -0.2) is 4.98 Å². The van der Waals surface area contributed by atoms with Crippen LogP contribution in [0.2, 0.25) is 0 Å². The Labute approximate surface area is 83.8 Å². The van der Waals surface area contributed by atoms with Gasteiger partial charge in [0, 0.05) is 24.5 Å². The number of hydrogen-bond donors (Lipinski definition) is 1. The molecule has 0 saturated heterocycles. The molecule has 0 bridgehead atoms. The van der Waals surface area contributed by atoms with Crippen LogP contribution in [0.5, 0.6) is 0 Å². The lowest BCUT2D eigenvalue weighted by Crippen LogP contribution is -2.26. The molecule has 1 heterocycles. The molecule has 1 aromatic heterocycles. The van der Waals surface area contributed by atoms with E-state index < -0.39 is 0 Å². The average molecular weight is 199 g/mol. The van der Waals surface area contributed by atoms with Crippen molar-refractivity contribution < 1.29 is 0 Å². The minimum atomic E-state index is 0.949. The molecule has 1 aromatic rings. The standard InChI is InChI=1S/C9H17N3S/c1-8-9(13-7-11-8)6-10-4-5-12(2)3/h7,10H,4-6H2,1-3H3. The van der Waals surface area contributed by atoms with Gasteiger partial charge in [0.1, 0.15) is 0 Å². The van der Waals surface area contributed by atoms with Gasteiger partial charge in [-0.3, -0.25) is 0 Å². The number of nitrogens with one attached hydrogen (secondary N) is 1. The largest absolute Gasteiger partial charge is 0.311 e. The van der Waals surface area contributed by atoms with Crippen LogP contribution in [0.4, 0.5) is 0 Å². The zero-order chi connectivity index (χ0) is 9.68. The first kappa shape index (κ1) is 10.6. The number of hydrogen-bond acceptors (Lipinski definition) is 4. The van der Waals surface area contributed by atoms with Gasteiger partial charge in [-0.2, -0.15) is 0 Å². The Morgan fingerprint density at radius 3 is 2.85 bits per heavy atom. The molecular weight excluding hydrogens is 182 g/mol. The lowest BCUT2D eigenvalue weighted by molar-refractivity contribution is 0.400. The second kappa shape index (κ2) is 5.32. The first-order valence-corrected chi connectivity index (χ1v) is 5.32. The highest BCUT2D eigenvalue weighted by Crippen LogP contribution is 2.10. The molecule has 0 spiro atoms. The Morgan fingerprint density at radius 2 is 2.31 bits per heavy atom. The Morgan fingerprint density at radius 1 is 1.54 bits per heavy atom. The summed E-state index contributed by atoms with van der Waals surface area (Å²) in [5, 5.41) is 3.39. The molecule has 1 rings (SSSR count). The molecule has 0 unspecified atom stereocenters. The molecule has 0 fully saturated rings. The highest BCUT2D eigenvalue weighted by molar-refractivity contribution is 7.09. The number of likely N-dealkylation sites (N-methyl/N-ethyl adjacent to an activating group) is 1. The van der Waals surface area contributed by atoms with Gasteiger partial charge < -0.3 is 10.2 Å². The van der Waals surface area contributed by atoms with Gasteiger partial charge in [0.2, 0.25) is 0 Å². The van der Waals surface area contributed by atoms with Gasteiger partial charge in [-0.1, -0.05) is 0 Å². The fourth-order valence-corrected chi connectivity index (χ4v) is 1.75. The number of aryl methyl sites for hydroxylation is 1. The molecule has 0 saturated carbocycles. The van der Waals surface area contributed by atoms with Crippen molar-refractivity contribution in [1.29, 1.82) is 0 Å². The summed E-state index contributed by atoms with van der Waals surface area (Å²) < 4.78 is 0. The van der Waals surface area contributed by atoms with E-state index in [0.717, 1.165) is 25.3 Å². The first-order valence-electron chi connectivity index (χ1n) is 4.44.